The van der Waals surface area contributed by atoms with E-state index in [-0.39, 0.29) is 23.8 Å². The van der Waals surface area contributed by atoms with Gasteiger partial charge in [-0.05, 0) is 48.8 Å². The Bertz CT molecular complexity index is 924. The van der Waals surface area contributed by atoms with E-state index in [0.29, 0.717) is 32.5 Å². The lowest BCUT2D eigenvalue weighted by molar-refractivity contribution is -0.135. The highest BCUT2D eigenvalue weighted by Gasteiger charge is 2.32. The molecule has 2 aliphatic heterocycles. The van der Waals surface area contributed by atoms with Crippen molar-refractivity contribution in [3.63, 3.8) is 0 Å². The Morgan fingerprint density at radius 3 is 2.61 bits per heavy atom. The molecule has 2 aromatic rings. The van der Waals surface area contributed by atoms with E-state index < -0.39 is 0 Å². The molecular weight excluding hydrogens is 412 g/mol. The molecular formula is C28H36N2O3. The fourth-order valence-corrected chi connectivity index (χ4v) is 5.09. The third-order valence-corrected chi connectivity index (χ3v) is 6.86. The van der Waals surface area contributed by atoms with Gasteiger partial charge in [0.05, 0.1) is 12.0 Å². The van der Waals surface area contributed by atoms with Gasteiger partial charge in [0.2, 0.25) is 11.8 Å². The Balaban J connectivity index is 1.52. The molecule has 2 aromatic carbocycles. The first-order chi connectivity index (χ1) is 16.2. The molecule has 0 N–H and O–H groups in total. The number of carbonyl (C=O) groups excluding carboxylic acids is 2. The molecule has 2 amide bonds. The summed E-state index contributed by atoms with van der Waals surface area (Å²) >= 11 is 0. The van der Waals surface area contributed by atoms with E-state index in [1.807, 2.05) is 40.1 Å². The van der Waals surface area contributed by atoms with Gasteiger partial charge in [-0.2, -0.15) is 0 Å². The zero-order chi connectivity index (χ0) is 23.0. The third-order valence-electron chi connectivity index (χ3n) is 6.86. The minimum absolute atomic E-state index is 0.151. The van der Waals surface area contributed by atoms with Crippen LogP contribution in [-0.2, 0) is 20.7 Å². The summed E-state index contributed by atoms with van der Waals surface area (Å²) in [6.45, 7) is 5.39. The van der Waals surface area contributed by atoms with E-state index in [1.54, 1.807) is 0 Å². The van der Waals surface area contributed by atoms with Crippen LogP contribution in [0.2, 0.25) is 0 Å². The van der Waals surface area contributed by atoms with Crippen LogP contribution >= 0.6 is 0 Å². The van der Waals surface area contributed by atoms with Crippen LogP contribution in [0.1, 0.15) is 44.6 Å². The molecule has 2 saturated heterocycles. The number of ether oxygens (including phenoxy) is 1. The van der Waals surface area contributed by atoms with Gasteiger partial charge in [0.25, 0.3) is 0 Å². The van der Waals surface area contributed by atoms with Gasteiger partial charge >= 0.3 is 0 Å². The summed E-state index contributed by atoms with van der Waals surface area (Å²) in [6.07, 6.45) is 5.20. The molecule has 5 nitrogen and oxygen atoms in total. The summed E-state index contributed by atoms with van der Waals surface area (Å²) in [4.78, 5) is 30.5. The molecule has 2 heterocycles. The molecule has 5 heteroatoms. The summed E-state index contributed by atoms with van der Waals surface area (Å²) < 4.78 is 5.70. The fraction of sp³-hybridized carbons (Fsp3) is 0.500. The molecule has 33 heavy (non-hydrogen) atoms. The highest BCUT2D eigenvalue weighted by molar-refractivity contribution is 5.83. The monoisotopic (exact) mass is 448 g/mol. The predicted octanol–water partition coefficient (Wildman–Crippen LogP) is 4.55. The van der Waals surface area contributed by atoms with E-state index in [1.165, 1.54) is 0 Å². The number of hydrogen-bond donors (Lipinski definition) is 0. The molecule has 0 aliphatic carbocycles. The maximum Gasteiger partial charge on any atom is 0.227 e. The summed E-state index contributed by atoms with van der Waals surface area (Å²) in [5, 5.41) is 0. The van der Waals surface area contributed by atoms with Crippen molar-refractivity contribution in [1.82, 2.24) is 9.80 Å². The van der Waals surface area contributed by atoms with E-state index in [2.05, 4.69) is 31.2 Å². The number of nitrogens with zero attached hydrogens (tertiary/aromatic N) is 2. The lowest BCUT2D eigenvalue weighted by Gasteiger charge is -2.25. The number of benzene rings is 2. The number of carbonyl (C=O) groups is 2. The zero-order valence-electron chi connectivity index (χ0n) is 19.7. The summed E-state index contributed by atoms with van der Waals surface area (Å²) in [5.41, 5.74) is 3.48. The predicted molar refractivity (Wildman–Crippen MR) is 131 cm³/mol. The first-order valence-electron chi connectivity index (χ1n) is 12.5. The molecule has 2 atom stereocenters. The van der Waals surface area contributed by atoms with Crippen molar-refractivity contribution in [2.75, 3.05) is 32.8 Å². The summed E-state index contributed by atoms with van der Waals surface area (Å²) in [6, 6.07) is 18.7. The van der Waals surface area contributed by atoms with E-state index in [0.717, 1.165) is 55.5 Å². The fourth-order valence-electron chi connectivity index (χ4n) is 5.09. The average molecular weight is 449 g/mol. The lowest BCUT2D eigenvalue weighted by atomic mass is 9.91. The van der Waals surface area contributed by atoms with Crippen LogP contribution in [0.3, 0.4) is 0 Å². The van der Waals surface area contributed by atoms with Crippen LogP contribution in [0.25, 0.3) is 11.1 Å². The minimum Gasteiger partial charge on any atom is -0.378 e. The number of rotatable bonds is 8. The van der Waals surface area contributed by atoms with Gasteiger partial charge in [-0.1, -0.05) is 61.5 Å². The lowest BCUT2D eigenvalue weighted by Crippen LogP contribution is -2.38. The van der Waals surface area contributed by atoms with Gasteiger partial charge < -0.3 is 14.5 Å². The van der Waals surface area contributed by atoms with Gasteiger partial charge in [0, 0.05) is 39.2 Å². The molecule has 0 saturated carbocycles. The quantitative estimate of drug-likeness (QED) is 0.595. The molecule has 2 fully saturated rings. The molecule has 176 valence electrons. The molecule has 0 unspecified atom stereocenters. The molecule has 0 bridgehead atoms. The van der Waals surface area contributed by atoms with E-state index >= 15 is 0 Å². The van der Waals surface area contributed by atoms with E-state index in [4.69, 9.17) is 4.74 Å². The third kappa shape index (κ3) is 6.02. The molecule has 0 aromatic heterocycles. The van der Waals surface area contributed by atoms with Crippen LogP contribution in [-0.4, -0.2) is 60.5 Å². The van der Waals surface area contributed by atoms with Crippen molar-refractivity contribution in [3.8, 4) is 11.1 Å². The van der Waals surface area contributed by atoms with Gasteiger partial charge in [-0.3, -0.25) is 9.59 Å². The Kier molecular flexibility index (Phi) is 8.16. The highest BCUT2D eigenvalue weighted by Crippen LogP contribution is 2.27. The van der Waals surface area contributed by atoms with E-state index in [9.17, 15) is 9.59 Å². The first kappa shape index (κ1) is 23.5. The standard InChI is InChI=1S/C28H36N2O3/c1-2-16-29-17-18-30(27(31)15-14-25-12-8-19-33-25)21-24(28(29)32)20-23-11-6-7-13-26(23)22-9-4-3-5-10-22/h3-7,9-11,13,24-25H,2,8,12,14-21H2,1H3/t24-,25-/m1/s1. The number of hydrogen-bond acceptors (Lipinski definition) is 3. The van der Waals surface area contributed by atoms with Crippen LogP contribution in [0.4, 0.5) is 0 Å². The Hall–Kier alpha value is -2.66. The Morgan fingerprint density at radius 2 is 1.85 bits per heavy atom. The van der Waals surface area contributed by atoms with Crippen molar-refractivity contribution >= 4 is 11.8 Å². The van der Waals surface area contributed by atoms with Gasteiger partial charge in [0.15, 0.2) is 0 Å². The SMILES string of the molecule is CCCN1CCN(C(=O)CC[C@H]2CCCO2)C[C@@H](Cc2ccccc2-c2ccccc2)C1=O. The van der Waals surface area contributed by atoms with Crippen LogP contribution in [0.15, 0.2) is 54.6 Å². The normalized spacial score (nSPS) is 21.3. The van der Waals surface area contributed by atoms with Gasteiger partial charge in [0.1, 0.15) is 0 Å². The molecule has 4 rings (SSSR count). The van der Waals surface area contributed by atoms with Crippen molar-refractivity contribution < 1.29 is 14.3 Å². The van der Waals surface area contributed by atoms with Crippen molar-refractivity contribution in [2.24, 2.45) is 5.92 Å². The highest BCUT2D eigenvalue weighted by atomic mass is 16.5. The smallest absolute Gasteiger partial charge is 0.227 e. The van der Waals surface area contributed by atoms with Crippen molar-refractivity contribution in [1.29, 1.82) is 0 Å². The topological polar surface area (TPSA) is 49.9 Å². The van der Waals surface area contributed by atoms with Crippen LogP contribution < -0.4 is 0 Å². The largest absolute Gasteiger partial charge is 0.378 e. The Morgan fingerprint density at radius 1 is 1.06 bits per heavy atom. The minimum atomic E-state index is -0.226. The average Bonchev–Trinajstić information content (AvgIpc) is 3.32. The van der Waals surface area contributed by atoms with Gasteiger partial charge in [-0.25, -0.2) is 0 Å². The summed E-state index contributed by atoms with van der Waals surface area (Å²) in [5.74, 6) is 0.0997. The second kappa shape index (κ2) is 11.5. The maximum absolute atomic E-state index is 13.5. The molecule has 0 spiro atoms. The van der Waals surface area contributed by atoms with Gasteiger partial charge in [-0.15, -0.1) is 0 Å². The maximum atomic E-state index is 13.5. The molecule has 0 radical (unpaired) electrons. The molecule has 2 aliphatic rings. The van der Waals surface area contributed by atoms with Crippen LogP contribution in [0.5, 0.6) is 0 Å². The van der Waals surface area contributed by atoms with Crippen molar-refractivity contribution in [2.45, 2.75) is 51.6 Å². The second-order valence-electron chi connectivity index (χ2n) is 9.26. The first-order valence-corrected chi connectivity index (χ1v) is 12.5. The summed E-state index contributed by atoms with van der Waals surface area (Å²) in [7, 11) is 0. The second-order valence-corrected chi connectivity index (χ2v) is 9.26. The zero-order valence-corrected chi connectivity index (χ0v) is 19.7. The Labute approximate surface area is 197 Å². The van der Waals surface area contributed by atoms with Crippen LogP contribution in [0, 0.1) is 5.92 Å². The number of amides is 2. The van der Waals surface area contributed by atoms with Crippen molar-refractivity contribution in [3.05, 3.63) is 60.2 Å².